The molecular formula is C20H24ClFN4O2. The Labute approximate surface area is 168 Å². The van der Waals surface area contributed by atoms with Crippen LogP contribution in [0.3, 0.4) is 0 Å². The molecule has 2 atom stereocenters. The molecule has 1 saturated heterocycles. The third kappa shape index (κ3) is 3.61. The summed E-state index contributed by atoms with van der Waals surface area (Å²) in [5.41, 5.74) is 2.85. The summed E-state index contributed by atoms with van der Waals surface area (Å²) in [6.07, 6.45) is 3.32. The summed E-state index contributed by atoms with van der Waals surface area (Å²) >= 11 is 5.85. The molecule has 2 unspecified atom stereocenters. The number of rotatable bonds is 4. The van der Waals surface area contributed by atoms with Crippen LogP contribution in [-0.2, 0) is 29.0 Å². The number of hydrogen-bond acceptors (Lipinski definition) is 4. The molecular weight excluding hydrogens is 383 g/mol. The summed E-state index contributed by atoms with van der Waals surface area (Å²) in [5, 5.41) is 4.58. The fourth-order valence-electron chi connectivity index (χ4n) is 4.05. The second kappa shape index (κ2) is 7.72. The van der Waals surface area contributed by atoms with Crippen LogP contribution >= 0.6 is 11.6 Å². The summed E-state index contributed by atoms with van der Waals surface area (Å²) in [4.78, 5) is 17.1. The van der Waals surface area contributed by atoms with Crippen molar-refractivity contribution in [3.8, 4) is 0 Å². The Balaban J connectivity index is 1.51. The van der Waals surface area contributed by atoms with E-state index < -0.39 is 5.82 Å². The lowest BCUT2D eigenvalue weighted by Crippen LogP contribution is -2.46. The maximum atomic E-state index is 13.4. The first kappa shape index (κ1) is 19.2. The number of carbonyl (C=O) groups excluding carboxylic acids is 1. The first-order chi connectivity index (χ1) is 13.5. The van der Waals surface area contributed by atoms with Gasteiger partial charge in [-0.1, -0.05) is 17.7 Å². The number of methoxy groups -OCH3 is 1. The number of ether oxygens (including phenoxy) is 1. The van der Waals surface area contributed by atoms with Gasteiger partial charge in [0.05, 0.1) is 48.2 Å². The molecule has 0 radical (unpaired) electrons. The number of nitrogens with zero attached hydrogens (tertiary/aromatic N) is 4. The number of benzene rings is 1. The van der Waals surface area contributed by atoms with Crippen molar-refractivity contribution >= 4 is 23.2 Å². The molecule has 2 aliphatic heterocycles. The molecule has 1 amide bonds. The van der Waals surface area contributed by atoms with Gasteiger partial charge < -0.3 is 14.5 Å². The maximum Gasteiger partial charge on any atom is 0.227 e. The summed E-state index contributed by atoms with van der Waals surface area (Å²) in [7, 11) is 1.74. The number of halogens is 2. The number of aromatic nitrogens is 2. The third-order valence-corrected chi connectivity index (χ3v) is 5.98. The van der Waals surface area contributed by atoms with Crippen molar-refractivity contribution in [2.24, 2.45) is 0 Å². The molecule has 0 aliphatic carbocycles. The van der Waals surface area contributed by atoms with Crippen LogP contribution in [0.2, 0.25) is 5.02 Å². The van der Waals surface area contributed by atoms with Gasteiger partial charge in [0, 0.05) is 26.2 Å². The molecule has 6 nitrogen and oxygen atoms in total. The van der Waals surface area contributed by atoms with Gasteiger partial charge in [0.25, 0.3) is 0 Å². The largest absolute Gasteiger partial charge is 0.380 e. The standard InChI is InChI=1S/C20H24ClFN4O2/c1-13-10-26-19(18(9-23-26)24-6-5-15(11-24)28-2)12-25(13)20(27)8-14-3-4-17(22)16(21)7-14/h3-4,7,9,13,15H,5-6,8,10-12H2,1-2H3. The van der Waals surface area contributed by atoms with Crippen LogP contribution in [0.4, 0.5) is 10.1 Å². The van der Waals surface area contributed by atoms with Crippen molar-refractivity contribution < 1.29 is 13.9 Å². The summed E-state index contributed by atoms with van der Waals surface area (Å²) in [5.74, 6) is -0.470. The van der Waals surface area contributed by atoms with E-state index in [1.165, 1.54) is 12.1 Å². The van der Waals surface area contributed by atoms with Crippen molar-refractivity contribution in [1.82, 2.24) is 14.7 Å². The summed E-state index contributed by atoms with van der Waals surface area (Å²) < 4.78 is 20.8. The van der Waals surface area contributed by atoms with Gasteiger partial charge in [-0.3, -0.25) is 9.48 Å². The lowest BCUT2D eigenvalue weighted by Gasteiger charge is -2.35. The van der Waals surface area contributed by atoms with Crippen molar-refractivity contribution in [2.75, 3.05) is 25.1 Å². The number of amides is 1. The fourth-order valence-corrected chi connectivity index (χ4v) is 4.25. The quantitative estimate of drug-likeness (QED) is 0.783. The third-order valence-electron chi connectivity index (χ3n) is 5.69. The van der Waals surface area contributed by atoms with Gasteiger partial charge in [0.1, 0.15) is 5.82 Å². The second-order valence-corrected chi connectivity index (χ2v) is 7.95. The van der Waals surface area contributed by atoms with E-state index >= 15 is 0 Å². The molecule has 8 heteroatoms. The predicted octanol–water partition coefficient (Wildman–Crippen LogP) is 2.87. The fraction of sp³-hybridized carbons (Fsp3) is 0.500. The molecule has 1 aromatic carbocycles. The Bertz CT molecular complexity index is 887. The minimum atomic E-state index is -0.474. The molecule has 2 aliphatic rings. The Morgan fingerprint density at radius 2 is 2.21 bits per heavy atom. The Morgan fingerprint density at radius 1 is 1.39 bits per heavy atom. The molecule has 0 spiro atoms. The Hall–Kier alpha value is -2.12. The highest BCUT2D eigenvalue weighted by Crippen LogP contribution is 2.30. The molecule has 1 aromatic heterocycles. The first-order valence-electron chi connectivity index (χ1n) is 9.52. The average molecular weight is 407 g/mol. The van der Waals surface area contributed by atoms with E-state index in [-0.39, 0.29) is 29.5 Å². The topological polar surface area (TPSA) is 50.6 Å². The Kier molecular flexibility index (Phi) is 5.29. The first-order valence-corrected chi connectivity index (χ1v) is 9.90. The minimum absolute atomic E-state index is 0.00441. The predicted molar refractivity (Wildman–Crippen MR) is 105 cm³/mol. The summed E-state index contributed by atoms with van der Waals surface area (Å²) in [6.45, 7) is 4.96. The lowest BCUT2D eigenvalue weighted by molar-refractivity contribution is -0.134. The van der Waals surface area contributed by atoms with E-state index in [2.05, 4.69) is 10.00 Å². The normalized spacial score (nSPS) is 21.9. The Morgan fingerprint density at radius 3 is 2.93 bits per heavy atom. The molecule has 3 heterocycles. The SMILES string of the molecule is COC1CCN(c2cnn3c2CN(C(=O)Cc2ccc(F)c(Cl)c2)C(C)C3)C1. The number of fused-ring (bicyclic) bond motifs is 1. The molecule has 2 aromatic rings. The second-order valence-electron chi connectivity index (χ2n) is 7.55. The van der Waals surface area contributed by atoms with Gasteiger partial charge in [0.2, 0.25) is 5.91 Å². The zero-order valence-corrected chi connectivity index (χ0v) is 16.8. The average Bonchev–Trinajstić information content (AvgIpc) is 3.30. The van der Waals surface area contributed by atoms with E-state index in [1.807, 2.05) is 22.7 Å². The van der Waals surface area contributed by atoms with E-state index in [9.17, 15) is 9.18 Å². The van der Waals surface area contributed by atoms with Gasteiger partial charge in [-0.15, -0.1) is 0 Å². The highest BCUT2D eigenvalue weighted by molar-refractivity contribution is 6.30. The highest BCUT2D eigenvalue weighted by atomic mass is 35.5. The van der Waals surface area contributed by atoms with Crippen LogP contribution < -0.4 is 4.90 Å². The monoisotopic (exact) mass is 406 g/mol. The smallest absolute Gasteiger partial charge is 0.227 e. The van der Waals surface area contributed by atoms with Crippen LogP contribution in [0.25, 0.3) is 0 Å². The van der Waals surface area contributed by atoms with E-state index in [0.717, 1.165) is 30.9 Å². The maximum absolute atomic E-state index is 13.4. The minimum Gasteiger partial charge on any atom is -0.380 e. The molecule has 0 saturated carbocycles. The molecule has 0 bridgehead atoms. The van der Waals surface area contributed by atoms with E-state index in [0.29, 0.717) is 18.7 Å². The van der Waals surface area contributed by atoms with Crippen molar-refractivity contribution in [1.29, 1.82) is 0 Å². The van der Waals surface area contributed by atoms with Crippen LogP contribution in [0.5, 0.6) is 0 Å². The van der Waals surface area contributed by atoms with Crippen molar-refractivity contribution in [3.05, 3.63) is 46.5 Å². The number of anilines is 1. The molecule has 4 rings (SSSR count). The van der Waals surface area contributed by atoms with Gasteiger partial charge in [-0.2, -0.15) is 5.10 Å². The van der Waals surface area contributed by atoms with Crippen LogP contribution in [-0.4, -0.2) is 52.9 Å². The van der Waals surface area contributed by atoms with Crippen LogP contribution in [0.15, 0.2) is 24.4 Å². The molecule has 0 N–H and O–H groups in total. The zero-order valence-electron chi connectivity index (χ0n) is 16.1. The van der Waals surface area contributed by atoms with Crippen LogP contribution in [0.1, 0.15) is 24.6 Å². The molecule has 150 valence electrons. The van der Waals surface area contributed by atoms with E-state index in [4.69, 9.17) is 16.3 Å². The van der Waals surface area contributed by atoms with E-state index in [1.54, 1.807) is 13.2 Å². The highest BCUT2D eigenvalue weighted by Gasteiger charge is 2.32. The summed E-state index contributed by atoms with van der Waals surface area (Å²) in [6, 6.07) is 4.47. The van der Waals surface area contributed by atoms with Crippen molar-refractivity contribution in [3.63, 3.8) is 0 Å². The van der Waals surface area contributed by atoms with Gasteiger partial charge in [-0.05, 0) is 31.0 Å². The van der Waals surface area contributed by atoms with Gasteiger partial charge >= 0.3 is 0 Å². The number of carbonyl (C=O) groups is 1. The molecule has 28 heavy (non-hydrogen) atoms. The van der Waals surface area contributed by atoms with Crippen molar-refractivity contribution in [2.45, 2.75) is 45.0 Å². The van der Waals surface area contributed by atoms with Crippen LogP contribution in [0, 0.1) is 5.82 Å². The lowest BCUT2D eigenvalue weighted by atomic mass is 10.1. The molecule has 1 fully saturated rings. The zero-order chi connectivity index (χ0) is 19.8. The number of hydrogen-bond donors (Lipinski definition) is 0. The van der Waals surface area contributed by atoms with Gasteiger partial charge in [0.15, 0.2) is 0 Å². The van der Waals surface area contributed by atoms with Gasteiger partial charge in [-0.25, -0.2) is 4.39 Å².